The zero-order valence-electron chi connectivity index (χ0n) is 20.1. The highest BCUT2D eigenvalue weighted by Gasteiger charge is 2.22. The minimum atomic E-state index is 0.598. The van der Waals surface area contributed by atoms with Crippen molar-refractivity contribution >= 4 is 17.1 Å². The Morgan fingerprint density at radius 3 is 1.09 bits per heavy atom. The van der Waals surface area contributed by atoms with Crippen molar-refractivity contribution in [3.8, 4) is 17.6 Å². The number of anilines is 3. The molecule has 168 valence electrons. The van der Waals surface area contributed by atoms with Crippen LogP contribution in [0.4, 0.5) is 17.1 Å². The molecule has 4 aromatic rings. The van der Waals surface area contributed by atoms with Crippen molar-refractivity contribution in [1.82, 2.24) is 9.97 Å². The summed E-state index contributed by atoms with van der Waals surface area (Å²) < 4.78 is 5.94. The molecule has 0 N–H and O–H groups in total. The third-order valence-electron chi connectivity index (χ3n) is 5.43. The van der Waals surface area contributed by atoms with Crippen LogP contribution in [0.25, 0.3) is 17.6 Å². The molecule has 0 aliphatic heterocycles. The third-order valence-corrected chi connectivity index (χ3v) is 5.43. The van der Waals surface area contributed by atoms with E-state index in [2.05, 4.69) is 39.0 Å². The Labute approximate surface area is 195 Å². The highest BCUT2D eigenvalue weighted by atomic mass is 15.2. The van der Waals surface area contributed by atoms with Crippen LogP contribution in [0.5, 0.6) is 0 Å². The first-order chi connectivity index (χ1) is 15.8. The Kier molecular flexibility index (Phi) is 6.17. The van der Waals surface area contributed by atoms with Gasteiger partial charge in [-0.25, -0.2) is 13.7 Å². The first-order valence-electron chi connectivity index (χ1n) is 10.8. The Bertz CT molecular complexity index is 1050. The molecule has 0 atom stereocenters. The number of pyridine rings is 3. The summed E-state index contributed by atoms with van der Waals surface area (Å²) in [6.07, 6.45) is 12.0. The van der Waals surface area contributed by atoms with E-state index < -0.39 is 0 Å². The van der Waals surface area contributed by atoms with Gasteiger partial charge in [0.05, 0.1) is 37.2 Å². The first-order valence-corrected chi connectivity index (χ1v) is 10.8. The molecule has 0 aromatic carbocycles. The fourth-order valence-corrected chi connectivity index (χ4v) is 3.38. The minimum absolute atomic E-state index is 0.598. The van der Waals surface area contributed by atoms with Crippen molar-refractivity contribution in [2.75, 3.05) is 57.0 Å². The molecule has 4 rings (SSSR count). The second-order valence-corrected chi connectivity index (χ2v) is 8.46. The van der Waals surface area contributed by atoms with Crippen molar-refractivity contribution in [3.05, 3.63) is 79.6 Å². The van der Waals surface area contributed by atoms with E-state index in [-0.39, 0.29) is 0 Å². The zero-order valence-corrected chi connectivity index (χ0v) is 20.1. The van der Waals surface area contributed by atoms with Crippen molar-refractivity contribution in [2.24, 2.45) is 0 Å². The second-order valence-electron chi connectivity index (χ2n) is 8.46. The number of aromatic nitrogens is 5. The van der Waals surface area contributed by atoms with E-state index in [9.17, 15) is 0 Å². The van der Waals surface area contributed by atoms with Gasteiger partial charge in [0.2, 0.25) is 0 Å². The van der Waals surface area contributed by atoms with Gasteiger partial charge in [-0.15, -0.1) is 0 Å². The molecule has 8 nitrogen and oxygen atoms in total. The summed E-state index contributed by atoms with van der Waals surface area (Å²) in [6, 6.07) is 14.4. The molecule has 0 amide bonds. The molecule has 0 unspecified atom stereocenters. The van der Waals surface area contributed by atoms with E-state index in [1.54, 1.807) is 0 Å². The van der Waals surface area contributed by atoms with E-state index in [1.807, 2.05) is 111 Å². The molecule has 4 heterocycles. The fraction of sp³-hybridized carbons (Fsp3) is 0.240. The maximum absolute atomic E-state index is 4.86. The molecule has 33 heavy (non-hydrogen) atoms. The Hall–Kier alpha value is -4.07. The summed E-state index contributed by atoms with van der Waals surface area (Å²) in [7, 11) is 12.2. The van der Waals surface area contributed by atoms with E-state index in [4.69, 9.17) is 9.97 Å². The van der Waals surface area contributed by atoms with Crippen molar-refractivity contribution in [1.29, 1.82) is 0 Å². The summed E-state index contributed by atoms with van der Waals surface area (Å²) in [5.41, 5.74) is 3.37. The van der Waals surface area contributed by atoms with Crippen LogP contribution in [-0.2, 0) is 0 Å². The fourth-order valence-electron chi connectivity index (χ4n) is 3.38. The molecule has 0 aliphatic rings. The molecule has 0 saturated carbocycles. The average molecular weight is 444 g/mol. The lowest BCUT2D eigenvalue weighted by molar-refractivity contribution is -0.623. The average Bonchev–Trinajstić information content (AvgIpc) is 2.84. The molecule has 0 radical (unpaired) electrons. The molecule has 4 aromatic heterocycles. The highest BCUT2D eigenvalue weighted by molar-refractivity contribution is 5.43. The molecular weight excluding hydrogens is 412 g/mol. The van der Waals surface area contributed by atoms with Crippen LogP contribution < -0.4 is 28.4 Å². The van der Waals surface area contributed by atoms with Crippen molar-refractivity contribution in [3.63, 3.8) is 0 Å². The van der Waals surface area contributed by atoms with Gasteiger partial charge in [0.1, 0.15) is 6.07 Å². The number of hydrogen-bond donors (Lipinski definition) is 0. The zero-order chi connectivity index (χ0) is 23.5. The summed E-state index contributed by atoms with van der Waals surface area (Å²) in [5.74, 6) is 2.17. The lowest BCUT2D eigenvalue weighted by Gasteiger charge is -2.12. The molecule has 0 saturated heterocycles. The van der Waals surface area contributed by atoms with Crippen LogP contribution in [-0.4, -0.2) is 52.3 Å². The van der Waals surface area contributed by atoms with Crippen molar-refractivity contribution in [2.45, 2.75) is 0 Å². The largest absolute Gasteiger partial charge is 0.445 e. The number of rotatable bonds is 6. The number of hydrogen-bond acceptors (Lipinski definition) is 5. The monoisotopic (exact) mass is 443 g/mol. The Balaban J connectivity index is 1.81. The van der Waals surface area contributed by atoms with Crippen LogP contribution in [0.3, 0.4) is 0 Å². The first kappa shape index (κ1) is 22.1. The topological polar surface area (TPSA) is 47.1 Å². The summed E-state index contributed by atoms with van der Waals surface area (Å²) in [5, 5.41) is 0. The molecule has 0 spiro atoms. The van der Waals surface area contributed by atoms with Gasteiger partial charge in [0.15, 0.2) is 0 Å². The quantitative estimate of drug-likeness (QED) is 0.423. The van der Waals surface area contributed by atoms with E-state index in [0.29, 0.717) is 5.95 Å². The Morgan fingerprint density at radius 1 is 0.485 bits per heavy atom. The minimum Gasteiger partial charge on any atom is -0.377 e. The molecule has 0 aliphatic carbocycles. The Morgan fingerprint density at radius 2 is 0.788 bits per heavy atom. The summed E-state index contributed by atoms with van der Waals surface area (Å²) in [4.78, 5) is 15.9. The molecule has 0 fully saturated rings. The van der Waals surface area contributed by atoms with E-state index in [1.165, 1.54) is 0 Å². The van der Waals surface area contributed by atoms with Gasteiger partial charge < -0.3 is 14.7 Å². The SMILES string of the molecule is CN(C)c1cc[n+](-c2cc(-[n+]3ccc(N(C)C)cc3)nc(-[n+]3ccc(N(C)C)cc3)n2)cc1. The predicted octanol–water partition coefficient (Wildman–Crippen LogP) is 1.50. The van der Waals surface area contributed by atoms with Crippen LogP contribution in [0.15, 0.2) is 79.6 Å². The second kappa shape index (κ2) is 9.20. The normalized spacial score (nSPS) is 10.7. The van der Waals surface area contributed by atoms with Gasteiger partial charge in [-0.05, 0) is 22.1 Å². The lowest BCUT2D eigenvalue weighted by Crippen LogP contribution is -2.40. The van der Waals surface area contributed by atoms with Gasteiger partial charge in [0.25, 0.3) is 0 Å². The highest BCUT2D eigenvalue weighted by Crippen LogP contribution is 2.11. The van der Waals surface area contributed by atoms with Gasteiger partial charge in [-0.2, -0.15) is 0 Å². The van der Waals surface area contributed by atoms with Gasteiger partial charge >= 0.3 is 17.6 Å². The third kappa shape index (κ3) is 4.90. The molecule has 8 heteroatoms. The van der Waals surface area contributed by atoms with Crippen molar-refractivity contribution < 1.29 is 13.7 Å². The maximum Gasteiger partial charge on any atom is 0.445 e. The van der Waals surface area contributed by atoms with E-state index >= 15 is 0 Å². The van der Waals surface area contributed by atoms with Crippen LogP contribution in [0, 0.1) is 0 Å². The van der Waals surface area contributed by atoms with Crippen LogP contribution in [0.1, 0.15) is 0 Å². The predicted molar refractivity (Wildman–Crippen MR) is 130 cm³/mol. The van der Waals surface area contributed by atoms with Crippen LogP contribution >= 0.6 is 0 Å². The lowest BCUT2D eigenvalue weighted by atomic mass is 10.3. The molecule has 0 bridgehead atoms. The maximum atomic E-state index is 4.86. The van der Waals surface area contributed by atoms with Gasteiger partial charge in [-0.1, -0.05) is 0 Å². The smallest absolute Gasteiger partial charge is 0.377 e. The molecular formula is C25H31N8+3. The van der Waals surface area contributed by atoms with Gasteiger partial charge in [-0.3, -0.25) is 0 Å². The summed E-state index contributed by atoms with van der Waals surface area (Å²) in [6.45, 7) is 0. The summed E-state index contributed by atoms with van der Waals surface area (Å²) >= 11 is 0. The van der Waals surface area contributed by atoms with Gasteiger partial charge in [0, 0.05) is 83.6 Å². The standard InChI is InChI=1S/C25H31N8/c1-28(2)20-7-13-31(14-8-20)23-19-24(32-15-9-21(10-16-32)29(3)4)27-25(26-23)33-17-11-22(12-18-33)30(5)6/h7-19H,1-6H3/q+3. The van der Waals surface area contributed by atoms with E-state index in [0.717, 1.165) is 28.7 Å². The van der Waals surface area contributed by atoms with Crippen LogP contribution in [0.2, 0.25) is 0 Å². The number of nitrogens with zero attached hydrogens (tertiary/aromatic N) is 8.